The fourth-order valence-electron chi connectivity index (χ4n) is 3.64. The van der Waals surface area contributed by atoms with E-state index < -0.39 is 9.84 Å². The van der Waals surface area contributed by atoms with Crippen molar-refractivity contribution in [3.05, 3.63) is 42.0 Å². The SMILES string of the molecule is CC(C)B1c2ccccc2S(=O)(=O)c2ccc(C(C)C)c(N)c21. The summed E-state index contributed by atoms with van der Waals surface area (Å²) < 4.78 is 26.1. The van der Waals surface area contributed by atoms with Gasteiger partial charge in [0.1, 0.15) is 0 Å². The van der Waals surface area contributed by atoms with Crippen molar-refractivity contribution in [2.24, 2.45) is 0 Å². The number of fused-ring (bicyclic) bond motifs is 2. The fourth-order valence-corrected chi connectivity index (χ4v) is 5.41. The van der Waals surface area contributed by atoms with E-state index in [0.29, 0.717) is 15.5 Å². The van der Waals surface area contributed by atoms with Crippen molar-refractivity contribution >= 4 is 33.2 Å². The Balaban J connectivity index is 2.43. The van der Waals surface area contributed by atoms with E-state index >= 15 is 0 Å². The van der Waals surface area contributed by atoms with Crippen LogP contribution in [0.15, 0.2) is 46.2 Å². The van der Waals surface area contributed by atoms with Crippen molar-refractivity contribution in [1.82, 2.24) is 0 Å². The number of benzene rings is 2. The van der Waals surface area contributed by atoms with Crippen LogP contribution >= 0.6 is 0 Å². The summed E-state index contributed by atoms with van der Waals surface area (Å²) >= 11 is 0. The topological polar surface area (TPSA) is 60.2 Å². The highest BCUT2D eigenvalue weighted by atomic mass is 32.2. The minimum absolute atomic E-state index is 0.00317. The van der Waals surface area contributed by atoms with Crippen LogP contribution in [0.2, 0.25) is 5.82 Å². The van der Waals surface area contributed by atoms with E-state index in [1.807, 2.05) is 18.2 Å². The third-order valence-corrected chi connectivity index (χ3v) is 6.60. The lowest BCUT2D eigenvalue weighted by atomic mass is 9.34. The zero-order valence-electron chi connectivity index (χ0n) is 14.0. The van der Waals surface area contributed by atoms with Gasteiger partial charge in [0.15, 0.2) is 0 Å². The summed E-state index contributed by atoms with van der Waals surface area (Å²) in [5, 5.41) is 0. The maximum Gasteiger partial charge on any atom is 0.218 e. The van der Waals surface area contributed by atoms with Gasteiger partial charge >= 0.3 is 0 Å². The van der Waals surface area contributed by atoms with E-state index in [1.54, 1.807) is 18.2 Å². The van der Waals surface area contributed by atoms with Crippen LogP contribution in [0.1, 0.15) is 39.2 Å². The lowest BCUT2D eigenvalue weighted by Crippen LogP contribution is -2.53. The molecule has 0 spiro atoms. The van der Waals surface area contributed by atoms with Crippen LogP contribution in [0.5, 0.6) is 0 Å². The van der Waals surface area contributed by atoms with Gasteiger partial charge in [0.2, 0.25) is 16.6 Å². The van der Waals surface area contributed by atoms with E-state index in [2.05, 4.69) is 27.7 Å². The van der Waals surface area contributed by atoms with Crippen LogP contribution in [0.25, 0.3) is 0 Å². The first kappa shape index (κ1) is 16.1. The second-order valence-corrected chi connectivity index (χ2v) is 8.78. The van der Waals surface area contributed by atoms with Crippen molar-refractivity contribution in [3.8, 4) is 0 Å². The minimum atomic E-state index is -3.51. The Hall–Kier alpha value is -1.75. The largest absolute Gasteiger partial charge is 0.399 e. The Bertz CT molecular complexity index is 873. The molecule has 1 heterocycles. The lowest BCUT2D eigenvalue weighted by Gasteiger charge is -2.31. The number of hydrogen-bond acceptors (Lipinski definition) is 3. The number of hydrogen-bond donors (Lipinski definition) is 1. The van der Waals surface area contributed by atoms with E-state index in [-0.39, 0.29) is 18.4 Å². The van der Waals surface area contributed by atoms with Gasteiger partial charge in [0.05, 0.1) is 9.79 Å². The number of nitrogens with two attached hydrogens (primary N) is 1. The molecule has 0 radical (unpaired) electrons. The van der Waals surface area contributed by atoms with Crippen LogP contribution in [-0.2, 0) is 9.84 Å². The zero-order valence-corrected chi connectivity index (χ0v) is 14.8. The van der Waals surface area contributed by atoms with Crippen molar-refractivity contribution < 1.29 is 8.42 Å². The summed E-state index contributed by atoms with van der Waals surface area (Å²) in [5.41, 5.74) is 9.74. The molecule has 2 N–H and O–H groups in total. The Morgan fingerprint density at radius 1 is 0.957 bits per heavy atom. The monoisotopic (exact) mass is 327 g/mol. The Morgan fingerprint density at radius 2 is 1.61 bits per heavy atom. The third-order valence-electron chi connectivity index (χ3n) is 4.71. The van der Waals surface area contributed by atoms with Crippen molar-refractivity contribution in [2.75, 3.05) is 5.73 Å². The summed E-state index contributed by atoms with van der Waals surface area (Å²) in [4.78, 5) is 0.791. The van der Waals surface area contributed by atoms with Crippen LogP contribution in [0.4, 0.5) is 5.69 Å². The molecule has 0 saturated heterocycles. The smallest absolute Gasteiger partial charge is 0.218 e. The van der Waals surface area contributed by atoms with Gasteiger partial charge in [0.25, 0.3) is 0 Å². The second kappa shape index (κ2) is 5.41. The number of anilines is 1. The first-order valence-corrected chi connectivity index (χ1v) is 9.51. The normalized spacial score (nSPS) is 15.7. The number of sulfone groups is 1. The van der Waals surface area contributed by atoms with Crippen LogP contribution in [-0.4, -0.2) is 15.1 Å². The molecule has 120 valence electrons. The molecule has 2 aromatic carbocycles. The van der Waals surface area contributed by atoms with Gasteiger partial charge in [-0.05, 0) is 29.1 Å². The molecule has 0 bridgehead atoms. The van der Waals surface area contributed by atoms with Gasteiger partial charge in [-0.15, -0.1) is 0 Å². The quantitative estimate of drug-likeness (QED) is 0.681. The van der Waals surface area contributed by atoms with Crippen LogP contribution in [0, 0.1) is 0 Å². The molecular formula is C18H22BNO2S. The van der Waals surface area contributed by atoms with Gasteiger partial charge < -0.3 is 5.73 Å². The van der Waals surface area contributed by atoms with Gasteiger partial charge in [-0.25, -0.2) is 8.42 Å². The Kier molecular flexibility index (Phi) is 3.79. The first-order chi connectivity index (χ1) is 10.8. The number of rotatable bonds is 2. The molecule has 3 rings (SSSR count). The predicted octanol–water partition coefficient (Wildman–Crippen LogP) is 2.56. The standard InChI is InChI=1S/C18H22BNO2S/c1-11(2)13-9-10-16-17(18(13)20)19(12(3)4)14-7-5-6-8-15(14)23(16,21)22/h5-12H,20H2,1-4H3. The summed E-state index contributed by atoms with van der Waals surface area (Å²) in [6.45, 7) is 8.39. The molecular weight excluding hydrogens is 305 g/mol. The minimum Gasteiger partial charge on any atom is -0.399 e. The summed E-state index contributed by atoms with van der Waals surface area (Å²) in [7, 11) is -3.51. The molecule has 0 fully saturated rings. The molecule has 1 aliphatic heterocycles. The van der Waals surface area contributed by atoms with Gasteiger partial charge in [-0.1, -0.05) is 63.2 Å². The van der Waals surface area contributed by atoms with Gasteiger partial charge in [-0.2, -0.15) is 0 Å². The van der Waals surface area contributed by atoms with Crippen LogP contribution < -0.4 is 16.7 Å². The molecule has 0 aromatic heterocycles. The maximum atomic E-state index is 13.0. The fraction of sp³-hybridized carbons (Fsp3) is 0.333. The average molecular weight is 327 g/mol. The van der Waals surface area contributed by atoms with Crippen molar-refractivity contribution in [2.45, 2.75) is 49.2 Å². The summed E-state index contributed by atoms with van der Waals surface area (Å²) in [6.07, 6.45) is 0. The van der Waals surface area contributed by atoms with Crippen molar-refractivity contribution in [1.29, 1.82) is 0 Å². The molecule has 0 unspecified atom stereocenters. The molecule has 2 aromatic rings. The maximum absolute atomic E-state index is 13.0. The molecule has 0 aliphatic carbocycles. The van der Waals surface area contributed by atoms with Crippen molar-refractivity contribution in [3.63, 3.8) is 0 Å². The lowest BCUT2D eigenvalue weighted by molar-refractivity contribution is 0.596. The van der Waals surface area contributed by atoms with Gasteiger partial charge in [-0.3, -0.25) is 0 Å². The molecule has 0 atom stereocenters. The predicted molar refractivity (Wildman–Crippen MR) is 97.0 cm³/mol. The first-order valence-electron chi connectivity index (χ1n) is 8.03. The highest BCUT2D eigenvalue weighted by molar-refractivity contribution is 7.92. The molecule has 0 saturated carbocycles. The molecule has 0 amide bonds. The Labute approximate surface area is 138 Å². The van der Waals surface area contributed by atoms with E-state index in [9.17, 15) is 8.42 Å². The zero-order chi connectivity index (χ0) is 16.9. The highest BCUT2D eigenvalue weighted by Gasteiger charge is 2.40. The van der Waals surface area contributed by atoms with E-state index in [4.69, 9.17) is 5.73 Å². The van der Waals surface area contributed by atoms with Crippen LogP contribution in [0.3, 0.4) is 0 Å². The molecule has 23 heavy (non-hydrogen) atoms. The molecule has 3 nitrogen and oxygen atoms in total. The van der Waals surface area contributed by atoms with E-state index in [1.165, 1.54) is 0 Å². The number of nitrogen functional groups attached to an aromatic ring is 1. The molecule has 5 heteroatoms. The second-order valence-electron chi connectivity index (χ2n) is 6.90. The summed E-state index contributed by atoms with van der Waals surface area (Å²) in [5.74, 6) is 0.517. The highest BCUT2D eigenvalue weighted by Crippen LogP contribution is 2.32. The summed E-state index contributed by atoms with van der Waals surface area (Å²) in [6, 6.07) is 10.9. The molecule has 1 aliphatic rings. The van der Waals surface area contributed by atoms with E-state index in [0.717, 1.165) is 16.5 Å². The average Bonchev–Trinajstić information content (AvgIpc) is 2.48. The third kappa shape index (κ3) is 2.29. The Morgan fingerprint density at radius 3 is 2.22 bits per heavy atom. The van der Waals surface area contributed by atoms with Gasteiger partial charge in [0, 0.05) is 5.69 Å².